The smallest absolute Gasteiger partial charge is 0.315 e. The number of carbonyl (C=O) groups is 1. The van der Waals surface area contributed by atoms with Gasteiger partial charge in [0.1, 0.15) is 0 Å². The number of amides is 2. The lowest BCUT2D eigenvalue weighted by molar-refractivity contribution is 0.229. The van der Waals surface area contributed by atoms with E-state index in [1.165, 1.54) is 11.1 Å². The first-order chi connectivity index (χ1) is 10.6. The summed E-state index contributed by atoms with van der Waals surface area (Å²) >= 11 is 1.69. The predicted octanol–water partition coefficient (Wildman–Crippen LogP) is 4.00. The second-order valence-corrected chi connectivity index (χ2v) is 6.94. The Balaban J connectivity index is 1.66. The van der Waals surface area contributed by atoms with Gasteiger partial charge in [-0.2, -0.15) is 11.3 Å². The van der Waals surface area contributed by atoms with Gasteiger partial charge < -0.3 is 10.6 Å². The summed E-state index contributed by atoms with van der Waals surface area (Å²) in [6.45, 7) is 4.79. The summed E-state index contributed by atoms with van der Waals surface area (Å²) in [5, 5.41) is 10.2. The molecule has 1 aromatic heterocycles. The number of aryl methyl sites for hydroxylation is 1. The molecule has 1 heterocycles. The molecule has 0 aliphatic heterocycles. The molecule has 0 bridgehead atoms. The number of nitrogens with one attached hydrogen (secondary N) is 2. The van der Waals surface area contributed by atoms with E-state index in [4.69, 9.17) is 0 Å². The zero-order valence-electron chi connectivity index (χ0n) is 13.3. The maximum atomic E-state index is 12.0. The van der Waals surface area contributed by atoms with Gasteiger partial charge >= 0.3 is 6.03 Å². The zero-order chi connectivity index (χ0) is 15.8. The molecule has 0 saturated heterocycles. The molecule has 2 aromatic rings. The average Bonchev–Trinajstić information content (AvgIpc) is 2.96. The molecular weight excluding hydrogens is 292 g/mol. The maximum Gasteiger partial charge on any atom is 0.315 e. The Morgan fingerprint density at radius 3 is 2.59 bits per heavy atom. The number of rotatable bonds is 7. The third kappa shape index (κ3) is 5.90. The van der Waals surface area contributed by atoms with E-state index >= 15 is 0 Å². The molecule has 0 radical (unpaired) electrons. The fourth-order valence-corrected chi connectivity index (χ4v) is 3.11. The van der Waals surface area contributed by atoms with Crippen molar-refractivity contribution in [2.45, 2.75) is 38.6 Å². The Kier molecular flexibility index (Phi) is 6.01. The van der Waals surface area contributed by atoms with Crippen molar-refractivity contribution in [1.29, 1.82) is 0 Å². The highest BCUT2D eigenvalue weighted by Crippen LogP contribution is 2.15. The molecule has 118 valence electrons. The SMILES string of the molecule is CC(C)(Cc1ccsc1)NC(=O)NCCCc1ccccc1. The van der Waals surface area contributed by atoms with E-state index in [0.717, 1.165) is 19.3 Å². The van der Waals surface area contributed by atoms with Gasteiger partial charge in [-0.3, -0.25) is 0 Å². The molecule has 4 heteroatoms. The van der Waals surface area contributed by atoms with Crippen molar-refractivity contribution in [2.75, 3.05) is 6.54 Å². The Morgan fingerprint density at radius 1 is 1.14 bits per heavy atom. The van der Waals surface area contributed by atoms with Gasteiger partial charge in [-0.1, -0.05) is 30.3 Å². The first-order valence-electron chi connectivity index (χ1n) is 7.66. The molecule has 1 aromatic carbocycles. The van der Waals surface area contributed by atoms with Gasteiger partial charge in [-0.15, -0.1) is 0 Å². The first kappa shape index (κ1) is 16.6. The van der Waals surface area contributed by atoms with Crippen molar-refractivity contribution >= 4 is 17.4 Å². The fraction of sp³-hybridized carbons (Fsp3) is 0.389. The molecule has 3 nitrogen and oxygen atoms in total. The third-order valence-corrected chi connectivity index (χ3v) is 4.18. The summed E-state index contributed by atoms with van der Waals surface area (Å²) < 4.78 is 0. The standard InChI is InChI=1S/C18H24N2OS/c1-18(2,13-16-10-12-22-14-16)20-17(21)19-11-6-9-15-7-4-3-5-8-15/h3-5,7-8,10,12,14H,6,9,11,13H2,1-2H3,(H2,19,20,21). The Morgan fingerprint density at radius 2 is 1.91 bits per heavy atom. The Labute approximate surface area is 136 Å². The van der Waals surface area contributed by atoms with Crippen LogP contribution >= 0.6 is 11.3 Å². The number of hydrogen-bond acceptors (Lipinski definition) is 2. The van der Waals surface area contributed by atoms with Crippen LogP contribution in [0, 0.1) is 0 Å². The average molecular weight is 316 g/mol. The molecule has 0 unspecified atom stereocenters. The molecule has 0 spiro atoms. The summed E-state index contributed by atoms with van der Waals surface area (Å²) in [5.41, 5.74) is 2.33. The van der Waals surface area contributed by atoms with Gasteiger partial charge in [0.15, 0.2) is 0 Å². The lowest BCUT2D eigenvalue weighted by atomic mass is 9.97. The monoisotopic (exact) mass is 316 g/mol. The van der Waals surface area contributed by atoms with Crippen molar-refractivity contribution in [2.24, 2.45) is 0 Å². The van der Waals surface area contributed by atoms with E-state index in [1.54, 1.807) is 11.3 Å². The van der Waals surface area contributed by atoms with Crippen LogP contribution in [0.5, 0.6) is 0 Å². The summed E-state index contributed by atoms with van der Waals surface area (Å²) in [6.07, 6.45) is 2.77. The quantitative estimate of drug-likeness (QED) is 0.745. The highest BCUT2D eigenvalue weighted by atomic mass is 32.1. The summed E-state index contributed by atoms with van der Waals surface area (Å²) in [6, 6.07) is 12.4. The van der Waals surface area contributed by atoms with Crippen LogP contribution in [0.4, 0.5) is 4.79 Å². The molecule has 2 amide bonds. The van der Waals surface area contributed by atoms with Crippen LogP contribution in [0.3, 0.4) is 0 Å². The summed E-state index contributed by atoms with van der Waals surface area (Å²) in [5.74, 6) is 0. The lowest BCUT2D eigenvalue weighted by Gasteiger charge is -2.26. The van der Waals surface area contributed by atoms with Crippen LogP contribution in [-0.4, -0.2) is 18.1 Å². The molecule has 0 aliphatic carbocycles. The van der Waals surface area contributed by atoms with E-state index in [2.05, 4.69) is 39.6 Å². The van der Waals surface area contributed by atoms with Crippen molar-refractivity contribution in [1.82, 2.24) is 10.6 Å². The van der Waals surface area contributed by atoms with Crippen molar-refractivity contribution in [3.63, 3.8) is 0 Å². The van der Waals surface area contributed by atoms with E-state index in [0.29, 0.717) is 6.54 Å². The highest BCUT2D eigenvalue weighted by Gasteiger charge is 2.20. The topological polar surface area (TPSA) is 41.1 Å². The van der Waals surface area contributed by atoms with Gasteiger partial charge in [0, 0.05) is 12.1 Å². The summed E-state index contributed by atoms with van der Waals surface area (Å²) in [4.78, 5) is 12.0. The van der Waals surface area contributed by atoms with Crippen LogP contribution in [0.1, 0.15) is 31.4 Å². The van der Waals surface area contributed by atoms with Gasteiger partial charge in [0.2, 0.25) is 0 Å². The Bertz CT molecular complexity index is 564. The number of thiophene rings is 1. The van der Waals surface area contributed by atoms with Crippen molar-refractivity contribution < 1.29 is 4.79 Å². The number of benzene rings is 1. The molecule has 22 heavy (non-hydrogen) atoms. The lowest BCUT2D eigenvalue weighted by Crippen LogP contribution is -2.49. The van der Waals surface area contributed by atoms with Gasteiger partial charge in [-0.05, 0) is 61.1 Å². The molecule has 2 rings (SSSR count). The number of hydrogen-bond donors (Lipinski definition) is 2. The Hall–Kier alpha value is -1.81. The molecule has 0 atom stereocenters. The van der Waals surface area contributed by atoms with Crippen LogP contribution < -0.4 is 10.6 Å². The van der Waals surface area contributed by atoms with Crippen LogP contribution in [-0.2, 0) is 12.8 Å². The van der Waals surface area contributed by atoms with Gasteiger partial charge in [-0.25, -0.2) is 4.79 Å². The van der Waals surface area contributed by atoms with Crippen molar-refractivity contribution in [3.05, 3.63) is 58.3 Å². The fourth-order valence-electron chi connectivity index (χ4n) is 2.44. The van der Waals surface area contributed by atoms with Gasteiger partial charge in [0.05, 0.1) is 0 Å². The first-order valence-corrected chi connectivity index (χ1v) is 8.60. The second kappa shape index (κ2) is 7.99. The predicted molar refractivity (Wildman–Crippen MR) is 93.4 cm³/mol. The third-order valence-electron chi connectivity index (χ3n) is 3.45. The molecule has 0 fully saturated rings. The normalized spacial score (nSPS) is 11.2. The van der Waals surface area contributed by atoms with E-state index in [9.17, 15) is 4.79 Å². The highest BCUT2D eigenvalue weighted by molar-refractivity contribution is 7.07. The minimum Gasteiger partial charge on any atom is -0.338 e. The van der Waals surface area contributed by atoms with Crippen LogP contribution in [0.15, 0.2) is 47.2 Å². The summed E-state index contributed by atoms with van der Waals surface area (Å²) in [7, 11) is 0. The number of carbonyl (C=O) groups excluding carboxylic acids is 1. The zero-order valence-corrected chi connectivity index (χ0v) is 14.1. The van der Waals surface area contributed by atoms with Gasteiger partial charge in [0.25, 0.3) is 0 Å². The van der Waals surface area contributed by atoms with Crippen LogP contribution in [0.25, 0.3) is 0 Å². The van der Waals surface area contributed by atoms with E-state index in [-0.39, 0.29) is 11.6 Å². The minimum absolute atomic E-state index is 0.0895. The second-order valence-electron chi connectivity index (χ2n) is 6.16. The molecular formula is C18H24N2OS. The largest absolute Gasteiger partial charge is 0.338 e. The molecule has 0 saturated carbocycles. The van der Waals surface area contributed by atoms with Crippen molar-refractivity contribution in [3.8, 4) is 0 Å². The minimum atomic E-state index is -0.245. The van der Waals surface area contributed by atoms with Crippen LogP contribution in [0.2, 0.25) is 0 Å². The maximum absolute atomic E-state index is 12.0. The van der Waals surface area contributed by atoms with E-state index < -0.39 is 0 Å². The van der Waals surface area contributed by atoms with E-state index in [1.807, 2.05) is 32.0 Å². The molecule has 2 N–H and O–H groups in total. The molecule has 0 aliphatic rings. The number of urea groups is 1.